The summed E-state index contributed by atoms with van der Waals surface area (Å²) in [6.07, 6.45) is 3.22. The first-order valence-corrected chi connectivity index (χ1v) is 4.64. The van der Waals surface area contributed by atoms with Crippen LogP contribution >= 0.6 is 0 Å². The second-order valence-electron chi connectivity index (χ2n) is 2.99. The van der Waals surface area contributed by atoms with Crippen molar-refractivity contribution in [3.63, 3.8) is 0 Å². The molecule has 0 fully saturated rings. The highest BCUT2D eigenvalue weighted by molar-refractivity contribution is 5.59. The van der Waals surface area contributed by atoms with Crippen LogP contribution in [-0.4, -0.2) is 22.1 Å². The Kier molecular flexibility index (Phi) is 2.81. The van der Waals surface area contributed by atoms with Gasteiger partial charge in [-0.3, -0.25) is 0 Å². The van der Waals surface area contributed by atoms with E-state index in [0.29, 0.717) is 23.3 Å². The lowest BCUT2D eigenvalue weighted by molar-refractivity contribution is 0.400. The average Bonchev–Trinajstić information content (AvgIpc) is 2.30. The lowest BCUT2D eigenvalue weighted by Crippen LogP contribution is -2.01. The standard InChI is InChI=1S/C10H11N5O/c1-16-9-7(3-2-5-12-9)14-10-13-6-4-8(11)15-10/h2-6H,1H3,(H3,11,13,14,15). The van der Waals surface area contributed by atoms with Gasteiger partial charge in [-0.1, -0.05) is 0 Å². The molecule has 0 aliphatic rings. The van der Waals surface area contributed by atoms with Gasteiger partial charge in [0, 0.05) is 12.4 Å². The van der Waals surface area contributed by atoms with Crippen molar-refractivity contribution in [2.75, 3.05) is 18.2 Å². The molecule has 6 nitrogen and oxygen atoms in total. The predicted molar refractivity (Wildman–Crippen MR) is 60.5 cm³/mol. The van der Waals surface area contributed by atoms with E-state index in [2.05, 4.69) is 20.3 Å². The van der Waals surface area contributed by atoms with Gasteiger partial charge in [0.15, 0.2) is 0 Å². The largest absolute Gasteiger partial charge is 0.480 e. The van der Waals surface area contributed by atoms with Crippen LogP contribution in [0.5, 0.6) is 5.88 Å². The molecule has 0 spiro atoms. The maximum Gasteiger partial charge on any atom is 0.237 e. The van der Waals surface area contributed by atoms with Crippen molar-refractivity contribution in [1.29, 1.82) is 0 Å². The molecule has 0 bridgehead atoms. The number of nitrogen functional groups attached to an aromatic ring is 1. The van der Waals surface area contributed by atoms with Crippen molar-refractivity contribution >= 4 is 17.5 Å². The van der Waals surface area contributed by atoms with Crippen LogP contribution < -0.4 is 15.8 Å². The molecule has 0 unspecified atom stereocenters. The summed E-state index contributed by atoms with van der Waals surface area (Å²) in [6, 6.07) is 5.22. The summed E-state index contributed by atoms with van der Waals surface area (Å²) < 4.78 is 5.09. The number of rotatable bonds is 3. The first kappa shape index (κ1) is 10.2. The number of aromatic nitrogens is 3. The highest BCUT2D eigenvalue weighted by atomic mass is 16.5. The van der Waals surface area contributed by atoms with Gasteiger partial charge in [0.25, 0.3) is 0 Å². The van der Waals surface area contributed by atoms with E-state index in [0.717, 1.165) is 0 Å². The van der Waals surface area contributed by atoms with Crippen molar-refractivity contribution in [1.82, 2.24) is 15.0 Å². The number of ether oxygens (including phenoxy) is 1. The van der Waals surface area contributed by atoms with Gasteiger partial charge < -0.3 is 15.8 Å². The molecule has 2 aromatic rings. The third-order valence-electron chi connectivity index (χ3n) is 1.89. The zero-order valence-electron chi connectivity index (χ0n) is 8.71. The molecule has 0 saturated carbocycles. The van der Waals surface area contributed by atoms with Gasteiger partial charge in [-0.2, -0.15) is 4.98 Å². The number of anilines is 3. The first-order chi connectivity index (χ1) is 7.79. The van der Waals surface area contributed by atoms with Crippen molar-refractivity contribution in [3.05, 3.63) is 30.6 Å². The summed E-state index contributed by atoms with van der Waals surface area (Å²) in [4.78, 5) is 12.1. The van der Waals surface area contributed by atoms with E-state index >= 15 is 0 Å². The molecule has 3 N–H and O–H groups in total. The topological polar surface area (TPSA) is 86.0 Å². The molecular weight excluding hydrogens is 206 g/mol. The molecule has 0 saturated heterocycles. The van der Waals surface area contributed by atoms with Gasteiger partial charge in [-0.15, -0.1) is 0 Å². The number of nitrogens with zero attached hydrogens (tertiary/aromatic N) is 3. The Morgan fingerprint density at radius 2 is 2.12 bits per heavy atom. The Morgan fingerprint density at radius 1 is 1.25 bits per heavy atom. The van der Waals surface area contributed by atoms with Crippen molar-refractivity contribution < 1.29 is 4.74 Å². The molecule has 2 rings (SSSR count). The number of hydrogen-bond acceptors (Lipinski definition) is 6. The Labute approximate surface area is 92.5 Å². The normalized spacial score (nSPS) is 9.81. The van der Waals surface area contributed by atoms with Gasteiger partial charge in [-0.25, -0.2) is 9.97 Å². The minimum Gasteiger partial charge on any atom is -0.480 e. The number of nitrogens with one attached hydrogen (secondary N) is 1. The highest BCUT2D eigenvalue weighted by Crippen LogP contribution is 2.22. The summed E-state index contributed by atoms with van der Waals surface area (Å²) in [6.45, 7) is 0. The van der Waals surface area contributed by atoms with E-state index in [-0.39, 0.29) is 0 Å². The molecule has 6 heteroatoms. The van der Waals surface area contributed by atoms with E-state index in [9.17, 15) is 0 Å². The monoisotopic (exact) mass is 217 g/mol. The quantitative estimate of drug-likeness (QED) is 0.803. The zero-order valence-corrected chi connectivity index (χ0v) is 8.71. The lowest BCUT2D eigenvalue weighted by atomic mass is 10.4. The summed E-state index contributed by atoms with van der Waals surface area (Å²) in [5, 5.41) is 2.97. The minimum absolute atomic E-state index is 0.403. The van der Waals surface area contributed by atoms with Gasteiger partial charge in [0.2, 0.25) is 11.8 Å². The third kappa shape index (κ3) is 2.17. The highest BCUT2D eigenvalue weighted by Gasteiger charge is 2.04. The first-order valence-electron chi connectivity index (χ1n) is 4.64. The molecule has 2 heterocycles. The minimum atomic E-state index is 0.403. The van der Waals surface area contributed by atoms with E-state index in [1.165, 1.54) is 0 Å². The Bertz CT molecular complexity index is 488. The fourth-order valence-corrected chi connectivity index (χ4v) is 1.20. The van der Waals surface area contributed by atoms with Crippen LogP contribution in [-0.2, 0) is 0 Å². The van der Waals surface area contributed by atoms with E-state index in [1.807, 2.05) is 6.07 Å². The maximum atomic E-state index is 5.54. The zero-order chi connectivity index (χ0) is 11.4. The summed E-state index contributed by atoms with van der Waals surface area (Å²) in [5.41, 5.74) is 6.24. The van der Waals surface area contributed by atoms with Crippen LogP contribution in [0.25, 0.3) is 0 Å². The summed E-state index contributed by atoms with van der Waals surface area (Å²) in [5.74, 6) is 1.29. The van der Waals surface area contributed by atoms with Gasteiger partial charge in [0.05, 0.1) is 7.11 Å². The molecule has 0 radical (unpaired) electrons. The Balaban J connectivity index is 2.26. The van der Waals surface area contributed by atoms with Gasteiger partial charge in [-0.05, 0) is 18.2 Å². The molecule has 0 amide bonds. The Hall–Kier alpha value is -2.37. The molecule has 2 aromatic heterocycles. The van der Waals surface area contributed by atoms with Crippen LogP contribution in [0.3, 0.4) is 0 Å². The lowest BCUT2D eigenvalue weighted by Gasteiger charge is -2.08. The number of pyridine rings is 1. The average molecular weight is 217 g/mol. The molecule has 0 aromatic carbocycles. The molecule has 0 atom stereocenters. The number of methoxy groups -OCH3 is 1. The van der Waals surface area contributed by atoms with Crippen molar-refractivity contribution in [2.45, 2.75) is 0 Å². The van der Waals surface area contributed by atoms with Crippen molar-refractivity contribution in [3.8, 4) is 5.88 Å². The second kappa shape index (κ2) is 4.43. The number of hydrogen-bond donors (Lipinski definition) is 2. The number of nitrogens with two attached hydrogens (primary N) is 1. The SMILES string of the molecule is COc1ncccc1Nc1nccc(N)n1. The summed E-state index contributed by atoms with van der Waals surface area (Å²) >= 11 is 0. The van der Waals surface area contributed by atoms with E-state index in [1.54, 1.807) is 31.6 Å². The smallest absolute Gasteiger partial charge is 0.237 e. The maximum absolute atomic E-state index is 5.54. The fraction of sp³-hybridized carbons (Fsp3) is 0.100. The van der Waals surface area contributed by atoms with E-state index in [4.69, 9.17) is 10.5 Å². The molecule has 82 valence electrons. The van der Waals surface area contributed by atoms with E-state index < -0.39 is 0 Å². The molecule has 16 heavy (non-hydrogen) atoms. The molecule has 0 aliphatic carbocycles. The van der Waals surface area contributed by atoms with Gasteiger partial charge in [0.1, 0.15) is 11.5 Å². The molecular formula is C10H11N5O. The molecule has 0 aliphatic heterocycles. The Morgan fingerprint density at radius 3 is 2.88 bits per heavy atom. The van der Waals surface area contributed by atoms with Crippen LogP contribution in [0.2, 0.25) is 0 Å². The van der Waals surface area contributed by atoms with Crippen LogP contribution in [0.4, 0.5) is 17.5 Å². The fourth-order valence-electron chi connectivity index (χ4n) is 1.20. The van der Waals surface area contributed by atoms with Gasteiger partial charge >= 0.3 is 0 Å². The van der Waals surface area contributed by atoms with Crippen LogP contribution in [0.1, 0.15) is 0 Å². The van der Waals surface area contributed by atoms with Crippen LogP contribution in [0.15, 0.2) is 30.6 Å². The second-order valence-corrected chi connectivity index (χ2v) is 2.99. The predicted octanol–water partition coefficient (Wildman–Crippen LogP) is 1.21. The third-order valence-corrected chi connectivity index (χ3v) is 1.89. The van der Waals surface area contributed by atoms with Crippen LogP contribution in [0, 0.1) is 0 Å². The van der Waals surface area contributed by atoms with Crippen molar-refractivity contribution in [2.24, 2.45) is 0 Å². The summed E-state index contributed by atoms with van der Waals surface area (Å²) in [7, 11) is 1.55.